The summed E-state index contributed by atoms with van der Waals surface area (Å²) in [6.45, 7) is 0.164. The van der Waals surface area contributed by atoms with Crippen LogP contribution < -0.4 is 4.72 Å². The van der Waals surface area contributed by atoms with Gasteiger partial charge in [-0.1, -0.05) is 24.3 Å². The Hall–Kier alpha value is -2.29. The molecule has 0 aliphatic rings. The van der Waals surface area contributed by atoms with Crippen LogP contribution in [-0.2, 0) is 32.6 Å². The van der Waals surface area contributed by atoms with E-state index in [1.54, 1.807) is 12.1 Å². The molecule has 1 N–H and O–H groups in total. The van der Waals surface area contributed by atoms with E-state index in [0.717, 1.165) is 20.8 Å². The monoisotopic (exact) mass is 390 g/mol. The van der Waals surface area contributed by atoms with Crippen LogP contribution in [0.5, 0.6) is 0 Å². The first kappa shape index (κ1) is 18.5. The van der Waals surface area contributed by atoms with Crippen molar-refractivity contribution in [2.24, 2.45) is 0 Å². The highest BCUT2D eigenvalue weighted by molar-refractivity contribution is 7.89. The Kier molecular flexibility index (Phi) is 5.65. The zero-order chi connectivity index (χ0) is 18.6. The molecule has 0 atom stereocenters. The lowest BCUT2D eigenvalue weighted by molar-refractivity contribution is -0.144. The molecular formula is C18H18N2O4S2. The number of hydrogen-bond donors (Lipinski definition) is 1. The highest BCUT2D eigenvalue weighted by Gasteiger charge is 2.11. The van der Waals surface area contributed by atoms with Gasteiger partial charge in [-0.2, -0.15) is 0 Å². The lowest BCUT2D eigenvalue weighted by Crippen LogP contribution is -2.18. The fraction of sp³-hybridized carbons (Fsp3) is 0.222. The summed E-state index contributed by atoms with van der Waals surface area (Å²) in [4.78, 5) is 16.5. The zero-order valence-electron chi connectivity index (χ0n) is 14.1. The summed E-state index contributed by atoms with van der Waals surface area (Å²) in [5, 5.41) is 0.765. The molecule has 1 aromatic heterocycles. The summed E-state index contributed by atoms with van der Waals surface area (Å²) in [5.41, 5.74) is 1.78. The average molecular weight is 390 g/mol. The molecule has 26 heavy (non-hydrogen) atoms. The Balaban J connectivity index is 1.51. The molecule has 0 spiro atoms. The Morgan fingerprint density at radius 1 is 1.15 bits per heavy atom. The van der Waals surface area contributed by atoms with Crippen molar-refractivity contribution in [3.05, 3.63) is 59.1 Å². The maximum Gasteiger partial charge on any atom is 0.306 e. The summed E-state index contributed by atoms with van der Waals surface area (Å²) in [6, 6.07) is 14.2. The van der Waals surface area contributed by atoms with Crippen LogP contribution in [0.2, 0.25) is 0 Å². The summed E-state index contributed by atoms with van der Waals surface area (Å²) in [6.07, 6.45) is 0.710. The van der Waals surface area contributed by atoms with Crippen LogP contribution in [0.1, 0.15) is 17.0 Å². The molecule has 0 radical (unpaired) electrons. The topological polar surface area (TPSA) is 85.4 Å². The standard InChI is InChI=1S/C18H18N2O4S2/c1-19-26(22,23)14-9-6-13(7-10-14)8-11-18(21)24-12-17-20-15-4-2-3-5-16(15)25-17/h2-7,9-10,19H,8,11-12H2,1H3. The maximum atomic E-state index is 11.9. The Bertz CT molecular complexity index is 978. The molecule has 2 aromatic carbocycles. The van der Waals surface area contributed by atoms with Gasteiger partial charge in [-0.25, -0.2) is 18.1 Å². The maximum absolute atomic E-state index is 11.9. The molecule has 0 bridgehead atoms. The molecule has 0 fully saturated rings. The fourth-order valence-corrected chi connectivity index (χ4v) is 4.01. The first-order chi connectivity index (χ1) is 12.5. The van der Waals surface area contributed by atoms with Gasteiger partial charge in [0, 0.05) is 6.42 Å². The molecule has 0 aliphatic carbocycles. The fourth-order valence-electron chi connectivity index (χ4n) is 2.40. The summed E-state index contributed by atoms with van der Waals surface area (Å²) < 4.78 is 32.0. The third-order valence-corrected chi connectivity index (χ3v) is 6.26. The minimum Gasteiger partial charge on any atom is -0.458 e. The summed E-state index contributed by atoms with van der Waals surface area (Å²) in [5.74, 6) is -0.309. The number of benzene rings is 2. The molecule has 0 saturated carbocycles. The van der Waals surface area contributed by atoms with Gasteiger partial charge in [-0.3, -0.25) is 4.79 Å². The second-order valence-electron chi connectivity index (χ2n) is 5.59. The number of rotatable bonds is 7. The van der Waals surface area contributed by atoms with Crippen LogP contribution in [0.4, 0.5) is 0 Å². The van der Waals surface area contributed by atoms with E-state index in [2.05, 4.69) is 9.71 Å². The van der Waals surface area contributed by atoms with Gasteiger partial charge in [-0.05, 0) is 43.3 Å². The number of aromatic nitrogens is 1. The molecule has 8 heteroatoms. The molecule has 1 heterocycles. The molecule has 0 saturated heterocycles. The Morgan fingerprint density at radius 3 is 2.58 bits per heavy atom. The van der Waals surface area contributed by atoms with Gasteiger partial charge >= 0.3 is 5.97 Å². The van der Waals surface area contributed by atoms with Gasteiger partial charge in [-0.15, -0.1) is 11.3 Å². The molecule has 0 aliphatic heterocycles. The first-order valence-corrected chi connectivity index (χ1v) is 10.3. The van der Waals surface area contributed by atoms with Crippen LogP contribution >= 0.6 is 11.3 Å². The van der Waals surface area contributed by atoms with Gasteiger partial charge in [0.2, 0.25) is 10.0 Å². The van der Waals surface area contributed by atoms with Crippen LogP contribution in [-0.4, -0.2) is 26.4 Å². The number of hydrogen-bond acceptors (Lipinski definition) is 6. The van der Waals surface area contributed by atoms with E-state index in [9.17, 15) is 13.2 Å². The average Bonchev–Trinajstić information content (AvgIpc) is 3.08. The molecule has 0 amide bonds. The van der Waals surface area contributed by atoms with Crippen molar-refractivity contribution in [3.8, 4) is 0 Å². The van der Waals surface area contributed by atoms with Gasteiger partial charge in [0.05, 0.1) is 15.1 Å². The largest absolute Gasteiger partial charge is 0.458 e. The van der Waals surface area contributed by atoms with Gasteiger partial charge < -0.3 is 4.74 Å². The molecule has 6 nitrogen and oxygen atoms in total. The van der Waals surface area contributed by atoms with E-state index in [1.165, 1.54) is 30.5 Å². The van der Waals surface area contributed by atoms with Crippen molar-refractivity contribution in [2.45, 2.75) is 24.3 Å². The van der Waals surface area contributed by atoms with E-state index in [0.29, 0.717) is 6.42 Å². The van der Waals surface area contributed by atoms with Crippen LogP contribution in [0.3, 0.4) is 0 Å². The van der Waals surface area contributed by atoms with Crippen molar-refractivity contribution < 1.29 is 17.9 Å². The van der Waals surface area contributed by atoms with E-state index in [4.69, 9.17) is 4.74 Å². The van der Waals surface area contributed by atoms with Crippen LogP contribution in [0.15, 0.2) is 53.4 Å². The molecule has 3 aromatic rings. The predicted molar refractivity (Wildman–Crippen MR) is 100 cm³/mol. The van der Waals surface area contributed by atoms with E-state index < -0.39 is 10.0 Å². The van der Waals surface area contributed by atoms with E-state index in [1.807, 2.05) is 24.3 Å². The van der Waals surface area contributed by atoms with Crippen molar-refractivity contribution in [1.82, 2.24) is 9.71 Å². The minimum atomic E-state index is -3.44. The number of sulfonamides is 1. The van der Waals surface area contributed by atoms with Gasteiger partial charge in [0.15, 0.2) is 0 Å². The predicted octanol–water partition coefficient (Wildman–Crippen LogP) is 2.88. The number of fused-ring (bicyclic) bond motifs is 1. The van der Waals surface area contributed by atoms with Crippen molar-refractivity contribution >= 4 is 37.5 Å². The highest BCUT2D eigenvalue weighted by atomic mass is 32.2. The van der Waals surface area contributed by atoms with E-state index in [-0.39, 0.29) is 23.9 Å². The highest BCUT2D eigenvalue weighted by Crippen LogP contribution is 2.22. The van der Waals surface area contributed by atoms with Crippen molar-refractivity contribution in [2.75, 3.05) is 7.05 Å². The summed E-state index contributed by atoms with van der Waals surface area (Å²) in [7, 11) is -2.08. The smallest absolute Gasteiger partial charge is 0.306 e. The van der Waals surface area contributed by atoms with Gasteiger partial charge in [0.25, 0.3) is 0 Å². The SMILES string of the molecule is CNS(=O)(=O)c1ccc(CCC(=O)OCc2nc3ccccc3s2)cc1. The summed E-state index contributed by atoms with van der Waals surface area (Å²) >= 11 is 1.51. The van der Waals surface area contributed by atoms with Crippen molar-refractivity contribution in [1.29, 1.82) is 0 Å². The lowest BCUT2D eigenvalue weighted by atomic mass is 10.1. The Labute approximate surface area is 155 Å². The number of esters is 1. The lowest BCUT2D eigenvalue weighted by Gasteiger charge is -2.05. The minimum absolute atomic E-state index is 0.164. The van der Waals surface area contributed by atoms with E-state index >= 15 is 0 Å². The third-order valence-electron chi connectivity index (χ3n) is 3.81. The zero-order valence-corrected chi connectivity index (χ0v) is 15.8. The number of aryl methyl sites for hydroxylation is 1. The molecule has 3 rings (SSSR count). The number of carbonyl (C=O) groups is 1. The van der Waals surface area contributed by atoms with Crippen LogP contribution in [0, 0.1) is 0 Å². The number of nitrogens with zero attached hydrogens (tertiary/aromatic N) is 1. The number of thiazole rings is 1. The molecular weight excluding hydrogens is 372 g/mol. The number of carbonyl (C=O) groups excluding carboxylic acids is 1. The second-order valence-corrected chi connectivity index (χ2v) is 8.59. The normalized spacial score (nSPS) is 11.6. The van der Waals surface area contributed by atoms with Crippen LogP contribution in [0.25, 0.3) is 10.2 Å². The number of nitrogens with one attached hydrogen (secondary N) is 1. The molecule has 136 valence electrons. The van der Waals surface area contributed by atoms with Gasteiger partial charge in [0.1, 0.15) is 11.6 Å². The van der Waals surface area contributed by atoms with Crippen molar-refractivity contribution in [3.63, 3.8) is 0 Å². The number of ether oxygens (including phenoxy) is 1. The first-order valence-electron chi connectivity index (χ1n) is 8.00. The molecule has 0 unspecified atom stereocenters. The number of para-hydroxylation sites is 1. The second kappa shape index (κ2) is 7.94. The quantitative estimate of drug-likeness (QED) is 0.627. The third kappa shape index (κ3) is 4.46. The Morgan fingerprint density at radius 2 is 1.88 bits per heavy atom.